The molecule has 0 fully saturated rings. The summed E-state index contributed by atoms with van der Waals surface area (Å²) in [4.78, 5) is 0. The second kappa shape index (κ2) is 5.53. The van der Waals surface area contributed by atoms with Crippen LogP contribution < -0.4 is 10.5 Å². The standard InChI is InChI=1S/C10H11F3N2O2/c11-10(12,13)5-16-6-17-8-4-2-1-3-7(8)9(14)15/h1-4H,5-6H2,(H3,14,15). The number of nitrogen functional groups attached to an aromatic ring is 1. The fraction of sp³-hybridized carbons (Fsp3) is 0.300. The van der Waals surface area contributed by atoms with Crippen molar-refractivity contribution >= 4 is 5.84 Å². The summed E-state index contributed by atoms with van der Waals surface area (Å²) >= 11 is 0. The number of nitrogens with one attached hydrogen (secondary N) is 1. The van der Waals surface area contributed by atoms with Gasteiger partial charge in [0.2, 0.25) is 0 Å². The SMILES string of the molecule is N=C(N)c1ccccc1OCOCC(F)(F)F. The van der Waals surface area contributed by atoms with Crippen LogP contribution in [0.25, 0.3) is 0 Å². The van der Waals surface area contributed by atoms with Crippen LogP contribution in [0.15, 0.2) is 24.3 Å². The maximum Gasteiger partial charge on any atom is 0.411 e. The first kappa shape index (κ1) is 13.3. The maximum absolute atomic E-state index is 11.8. The van der Waals surface area contributed by atoms with Crippen LogP contribution in [0.3, 0.4) is 0 Å². The average Bonchev–Trinajstić information content (AvgIpc) is 2.23. The van der Waals surface area contributed by atoms with Crippen LogP contribution in [0.5, 0.6) is 5.75 Å². The lowest BCUT2D eigenvalue weighted by Crippen LogP contribution is -2.20. The van der Waals surface area contributed by atoms with Gasteiger partial charge in [-0.1, -0.05) is 12.1 Å². The number of hydrogen-bond acceptors (Lipinski definition) is 3. The molecule has 17 heavy (non-hydrogen) atoms. The van der Waals surface area contributed by atoms with E-state index in [-0.39, 0.29) is 11.6 Å². The first-order chi connectivity index (χ1) is 7.90. The van der Waals surface area contributed by atoms with E-state index in [4.69, 9.17) is 15.9 Å². The highest BCUT2D eigenvalue weighted by atomic mass is 19.4. The third-order valence-corrected chi connectivity index (χ3v) is 1.74. The van der Waals surface area contributed by atoms with Crippen LogP contribution in [-0.2, 0) is 4.74 Å². The lowest BCUT2D eigenvalue weighted by atomic mass is 10.2. The molecular formula is C10H11F3N2O2. The fourth-order valence-electron chi connectivity index (χ4n) is 1.08. The zero-order chi connectivity index (χ0) is 12.9. The molecule has 0 aliphatic rings. The number of alkyl halides is 3. The number of amidine groups is 1. The van der Waals surface area contributed by atoms with E-state index in [1.54, 1.807) is 12.1 Å². The topological polar surface area (TPSA) is 68.3 Å². The number of nitrogens with two attached hydrogens (primary N) is 1. The minimum absolute atomic E-state index is 0.210. The summed E-state index contributed by atoms with van der Waals surface area (Å²) in [7, 11) is 0. The van der Waals surface area contributed by atoms with Crippen molar-refractivity contribution in [2.45, 2.75) is 6.18 Å². The minimum Gasteiger partial charge on any atom is -0.467 e. The largest absolute Gasteiger partial charge is 0.467 e. The number of ether oxygens (including phenoxy) is 2. The smallest absolute Gasteiger partial charge is 0.411 e. The Bertz CT molecular complexity index is 393. The highest BCUT2D eigenvalue weighted by Gasteiger charge is 2.27. The molecule has 0 aromatic heterocycles. The van der Waals surface area contributed by atoms with Gasteiger partial charge < -0.3 is 15.2 Å². The van der Waals surface area contributed by atoms with Crippen molar-refractivity contribution in [1.82, 2.24) is 0 Å². The van der Waals surface area contributed by atoms with Gasteiger partial charge in [-0.2, -0.15) is 13.2 Å². The number of para-hydroxylation sites is 1. The van der Waals surface area contributed by atoms with Crippen molar-refractivity contribution in [2.75, 3.05) is 13.4 Å². The molecule has 0 spiro atoms. The predicted molar refractivity (Wildman–Crippen MR) is 55.0 cm³/mol. The Morgan fingerprint density at radius 1 is 1.29 bits per heavy atom. The quantitative estimate of drug-likeness (QED) is 0.362. The molecule has 1 aromatic rings. The molecule has 0 bridgehead atoms. The van der Waals surface area contributed by atoms with E-state index in [0.29, 0.717) is 5.56 Å². The summed E-state index contributed by atoms with van der Waals surface area (Å²) in [5.41, 5.74) is 5.58. The molecule has 0 unspecified atom stereocenters. The Balaban J connectivity index is 2.49. The summed E-state index contributed by atoms with van der Waals surface area (Å²) < 4.78 is 44.5. The van der Waals surface area contributed by atoms with E-state index in [2.05, 4.69) is 4.74 Å². The van der Waals surface area contributed by atoms with Gasteiger partial charge in [0.1, 0.15) is 18.2 Å². The van der Waals surface area contributed by atoms with Gasteiger partial charge in [-0.05, 0) is 12.1 Å². The van der Waals surface area contributed by atoms with Crippen LogP contribution in [-0.4, -0.2) is 25.4 Å². The number of rotatable bonds is 5. The molecule has 0 amide bonds. The molecule has 0 radical (unpaired) electrons. The van der Waals surface area contributed by atoms with E-state index in [9.17, 15) is 13.2 Å². The van der Waals surface area contributed by atoms with Crippen LogP contribution in [0.4, 0.5) is 13.2 Å². The molecule has 0 saturated heterocycles. The Morgan fingerprint density at radius 2 is 1.94 bits per heavy atom. The first-order valence-corrected chi connectivity index (χ1v) is 4.61. The van der Waals surface area contributed by atoms with Crippen molar-refractivity contribution in [3.8, 4) is 5.75 Å². The molecule has 3 N–H and O–H groups in total. The van der Waals surface area contributed by atoms with E-state index < -0.39 is 19.6 Å². The van der Waals surface area contributed by atoms with Crippen LogP contribution >= 0.6 is 0 Å². The molecule has 94 valence electrons. The second-order valence-corrected chi connectivity index (χ2v) is 3.14. The molecule has 1 rings (SSSR count). The summed E-state index contributed by atoms with van der Waals surface area (Å²) in [6, 6.07) is 6.28. The lowest BCUT2D eigenvalue weighted by molar-refractivity contribution is -0.186. The summed E-state index contributed by atoms with van der Waals surface area (Å²) in [6.07, 6.45) is -4.39. The molecule has 0 saturated carbocycles. The molecule has 0 aliphatic carbocycles. The zero-order valence-corrected chi connectivity index (χ0v) is 8.75. The molecule has 1 aromatic carbocycles. The zero-order valence-electron chi connectivity index (χ0n) is 8.75. The second-order valence-electron chi connectivity index (χ2n) is 3.14. The molecule has 0 aliphatic heterocycles. The lowest BCUT2D eigenvalue weighted by Gasteiger charge is -2.11. The molecule has 0 atom stereocenters. The maximum atomic E-state index is 11.8. The summed E-state index contributed by atoms with van der Waals surface area (Å²) in [6.45, 7) is -1.93. The van der Waals surface area contributed by atoms with Crippen LogP contribution in [0.1, 0.15) is 5.56 Å². The van der Waals surface area contributed by atoms with Gasteiger partial charge in [-0.15, -0.1) is 0 Å². The molecule has 0 heterocycles. The monoisotopic (exact) mass is 248 g/mol. The number of benzene rings is 1. The Labute approximate surface area is 95.6 Å². The third-order valence-electron chi connectivity index (χ3n) is 1.74. The van der Waals surface area contributed by atoms with Gasteiger partial charge in [0.15, 0.2) is 6.79 Å². The van der Waals surface area contributed by atoms with Crippen molar-refractivity contribution in [2.24, 2.45) is 5.73 Å². The fourth-order valence-corrected chi connectivity index (χ4v) is 1.08. The van der Waals surface area contributed by atoms with Gasteiger partial charge in [0, 0.05) is 0 Å². The molecule has 4 nitrogen and oxygen atoms in total. The van der Waals surface area contributed by atoms with Crippen molar-refractivity contribution in [3.63, 3.8) is 0 Å². The number of halogens is 3. The van der Waals surface area contributed by atoms with Crippen molar-refractivity contribution < 1.29 is 22.6 Å². The van der Waals surface area contributed by atoms with E-state index >= 15 is 0 Å². The van der Waals surface area contributed by atoms with Gasteiger partial charge >= 0.3 is 6.18 Å². The van der Waals surface area contributed by atoms with Gasteiger partial charge in [0.25, 0.3) is 0 Å². The average molecular weight is 248 g/mol. The highest BCUT2D eigenvalue weighted by molar-refractivity contribution is 5.97. The Kier molecular flexibility index (Phi) is 4.33. The molecule has 7 heteroatoms. The van der Waals surface area contributed by atoms with Gasteiger partial charge in [-0.25, -0.2) is 0 Å². The first-order valence-electron chi connectivity index (χ1n) is 4.61. The summed E-state index contributed by atoms with van der Waals surface area (Å²) in [5, 5.41) is 7.23. The minimum atomic E-state index is -4.39. The van der Waals surface area contributed by atoms with Crippen molar-refractivity contribution in [3.05, 3.63) is 29.8 Å². The van der Waals surface area contributed by atoms with Crippen molar-refractivity contribution in [1.29, 1.82) is 5.41 Å². The van der Waals surface area contributed by atoms with Gasteiger partial charge in [0.05, 0.1) is 5.56 Å². The predicted octanol–water partition coefficient (Wildman–Crippen LogP) is 1.89. The van der Waals surface area contributed by atoms with E-state index in [0.717, 1.165) is 0 Å². The third kappa shape index (κ3) is 4.73. The summed E-state index contributed by atoms with van der Waals surface area (Å²) in [5.74, 6) is -0.0152. The Morgan fingerprint density at radius 3 is 2.53 bits per heavy atom. The molecular weight excluding hydrogens is 237 g/mol. The van der Waals surface area contributed by atoms with E-state index in [1.807, 2.05) is 0 Å². The van der Waals surface area contributed by atoms with Crippen LogP contribution in [0, 0.1) is 5.41 Å². The van der Waals surface area contributed by atoms with Crippen LogP contribution in [0.2, 0.25) is 0 Å². The number of hydrogen-bond donors (Lipinski definition) is 2. The van der Waals surface area contributed by atoms with E-state index in [1.165, 1.54) is 12.1 Å². The normalized spacial score (nSPS) is 11.2. The highest BCUT2D eigenvalue weighted by Crippen LogP contribution is 2.18. The van der Waals surface area contributed by atoms with Gasteiger partial charge in [-0.3, -0.25) is 5.41 Å². The Hall–Kier alpha value is -1.76.